The fraction of sp³-hybridized carbons (Fsp3) is 0. The summed E-state index contributed by atoms with van der Waals surface area (Å²) in [6.45, 7) is 0. The van der Waals surface area contributed by atoms with Crippen LogP contribution in [0.15, 0.2) is 51.2 Å². The molecule has 0 saturated carbocycles. The van der Waals surface area contributed by atoms with Crippen LogP contribution in [0.1, 0.15) is 16.1 Å². The van der Waals surface area contributed by atoms with Gasteiger partial charge >= 0.3 is 0 Å². The second-order valence-corrected chi connectivity index (χ2v) is 8.76. The fourth-order valence-electron chi connectivity index (χ4n) is 2.98. The van der Waals surface area contributed by atoms with E-state index in [9.17, 15) is 35.8 Å². The van der Waals surface area contributed by atoms with Gasteiger partial charge < -0.3 is 10.1 Å². The molecule has 0 radical (unpaired) electrons. The van der Waals surface area contributed by atoms with E-state index < -0.39 is 41.6 Å². The molecule has 0 fully saturated rings. The Kier molecular flexibility index (Phi) is 3.74. The number of aromatic amines is 1. The molecule has 0 aliphatic carbocycles. The Bertz CT molecular complexity index is 1430. The van der Waals surface area contributed by atoms with E-state index in [0.29, 0.717) is 11.8 Å². The monoisotopic (exact) mass is 422 g/mol. The Morgan fingerprint density at radius 2 is 1.64 bits per heavy atom. The van der Waals surface area contributed by atoms with Crippen molar-refractivity contribution in [3.05, 3.63) is 47.7 Å². The van der Waals surface area contributed by atoms with Crippen molar-refractivity contribution in [2.45, 2.75) is 9.79 Å². The van der Waals surface area contributed by atoms with Gasteiger partial charge in [0.05, 0.1) is 16.1 Å². The van der Waals surface area contributed by atoms with Crippen LogP contribution in [0.25, 0.3) is 10.9 Å². The summed E-state index contributed by atoms with van der Waals surface area (Å²) in [6.07, 6.45) is 0. The van der Waals surface area contributed by atoms with E-state index >= 15 is 0 Å². The van der Waals surface area contributed by atoms with Gasteiger partial charge in [-0.15, -0.1) is 0 Å². The van der Waals surface area contributed by atoms with Crippen molar-refractivity contribution < 1.29 is 35.8 Å². The lowest BCUT2D eigenvalue weighted by molar-refractivity contribution is 0.106. The summed E-state index contributed by atoms with van der Waals surface area (Å²) < 4.78 is 64.9. The van der Waals surface area contributed by atoms with Gasteiger partial charge in [0.25, 0.3) is 20.2 Å². The summed E-state index contributed by atoms with van der Waals surface area (Å²) in [5.74, 6) is -1.20. The Morgan fingerprint density at radius 1 is 0.964 bits per heavy atom. The Balaban J connectivity index is 2.04. The minimum atomic E-state index is -4.95. The van der Waals surface area contributed by atoms with Gasteiger partial charge in [0, 0.05) is 10.9 Å². The maximum absolute atomic E-state index is 12.6. The molecule has 144 valence electrons. The molecule has 0 unspecified atom stereocenters. The first kappa shape index (κ1) is 18.3. The number of nitrogens with one attached hydrogen (secondary N) is 1. The van der Waals surface area contributed by atoms with Crippen LogP contribution < -0.4 is 0 Å². The number of hydrogen-bond donors (Lipinski definition) is 4. The normalized spacial score (nSPS) is 14.4. The predicted molar refractivity (Wildman–Crippen MR) is 96.6 cm³/mol. The first-order valence-corrected chi connectivity index (χ1v) is 10.4. The first-order valence-electron chi connectivity index (χ1n) is 7.55. The van der Waals surface area contributed by atoms with Crippen LogP contribution in [-0.2, 0) is 20.2 Å². The van der Waals surface area contributed by atoms with Crippen molar-refractivity contribution in [3.63, 3.8) is 0 Å². The van der Waals surface area contributed by atoms with Crippen molar-refractivity contribution in [2.75, 3.05) is 0 Å². The molecule has 4 N–H and O–H groups in total. The Morgan fingerprint density at radius 3 is 2.25 bits per heavy atom. The van der Waals surface area contributed by atoms with E-state index in [0.717, 1.165) is 6.07 Å². The number of aromatic nitrogens is 1. The van der Waals surface area contributed by atoms with E-state index in [2.05, 4.69) is 9.98 Å². The zero-order chi connectivity index (χ0) is 20.4. The van der Waals surface area contributed by atoms with E-state index in [4.69, 9.17) is 0 Å². The third kappa shape index (κ3) is 2.70. The third-order valence-corrected chi connectivity index (χ3v) is 5.94. The number of rotatable bonds is 3. The van der Waals surface area contributed by atoms with Gasteiger partial charge in [0.15, 0.2) is 5.75 Å². The zero-order valence-electron chi connectivity index (χ0n) is 13.6. The molecule has 2 aromatic carbocycles. The van der Waals surface area contributed by atoms with E-state index in [1.54, 1.807) is 18.2 Å². The molecule has 0 spiro atoms. The van der Waals surface area contributed by atoms with Crippen LogP contribution in [0.5, 0.6) is 5.75 Å². The molecule has 1 aromatic heterocycles. The smallest absolute Gasteiger partial charge is 0.296 e. The maximum Gasteiger partial charge on any atom is 0.296 e. The second-order valence-electron chi connectivity index (χ2n) is 5.95. The molecular formula is C16H10N2O8S2. The average molecular weight is 422 g/mol. The molecule has 1 aliphatic heterocycles. The molecular weight excluding hydrogens is 412 g/mol. The molecule has 3 aromatic rings. The van der Waals surface area contributed by atoms with Crippen molar-refractivity contribution in [3.8, 4) is 5.75 Å². The highest BCUT2D eigenvalue weighted by molar-refractivity contribution is 7.86. The highest BCUT2D eigenvalue weighted by Gasteiger charge is 2.31. The molecule has 1 aliphatic rings. The highest BCUT2D eigenvalue weighted by Crippen LogP contribution is 2.38. The number of H-pyrrole nitrogens is 1. The summed E-state index contributed by atoms with van der Waals surface area (Å²) >= 11 is 0. The average Bonchev–Trinajstić information content (AvgIpc) is 3.10. The number of para-hydroxylation sites is 1. The van der Waals surface area contributed by atoms with Gasteiger partial charge in [0.1, 0.15) is 16.3 Å². The van der Waals surface area contributed by atoms with Crippen molar-refractivity contribution in [2.24, 2.45) is 4.99 Å². The molecule has 28 heavy (non-hydrogen) atoms. The predicted octanol–water partition coefficient (Wildman–Crippen LogP) is 1.68. The quantitative estimate of drug-likeness (QED) is 0.461. The number of aromatic hydroxyl groups is 1. The van der Waals surface area contributed by atoms with E-state index in [-0.39, 0.29) is 27.9 Å². The summed E-state index contributed by atoms with van der Waals surface area (Å²) in [5, 5.41) is 10.2. The van der Waals surface area contributed by atoms with Gasteiger partial charge in [0.2, 0.25) is 5.78 Å². The van der Waals surface area contributed by atoms with Gasteiger partial charge in [-0.05, 0) is 24.3 Å². The topological polar surface area (TPSA) is 174 Å². The third-order valence-electron chi connectivity index (χ3n) is 4.23. The summed E-state index contributed by atoms with van der Waals surface area (Å²) in [7, 11) is -9.80. The van der Waals surface area contributed by atoms with Gasteiger partial charge in [-0.25, -0.2) is 4.99 Å². The van der Waals surface area contributed by atoms with Crippen LogP contribution in [0.2, 0.25) is 0 Å². The second kappa shape index (κ2) is 5.72. The lowest BCUT2D eigenvalue weighted by atomic mass is 10.1. The standard InChI is InChI=1S/C16H10N2O8S2/c19-15-8-3-1-2-4-10(8)17-13(15)14-16(20)9-5-7(27(21,22)23)6-11(12(9)18-14)28(24,25)26/h1-6,18,20H,(H,21,22,23)(H,24,25,26). The number of fused-ring (bicyclic) bond motifs is 2. The summed E-state index contributed by atoms with van der Waals surface area (Å²) in [5.41, 5.74) is -0.217. The number of ketones is 1. The molecule has 4 rings (SSSR count). The molecule has 0 amide bonds. The minimum absolute atomic E-state index is 0.218. The number of carbonyl (C=O) groups excluding carboxylic acids is 1. The Labute approximate surface area is 157 Å². The maximum atomic E-state index is 12.6. The summed E-state index contributed by atoms with van der Waals surface area (Å²) in [4.78, 5) is 17.4. The van der Waals surface area contributed by atoms with E-state index in [1.165, 1.54) is 6.07 Å². The Hall–Kier alpha value is -3.06. The highest BCUT2D eigenvalue weighted by atomic mass is 32.2. The molecule has 0 bridgehead atoms. The summed E-state index contributed by atoms with van der Waals surface area (Å²) in [6, 6.07) is 7.70. The van der Waals surface area contributed by atoms with Crippen LogP contribution in [0, 0.1) is 0 Å². The van der Waals surface area contributed by atoms with E-state index in [1.807, 2.05) is 0 Å². The number of benzene rings is 2. The largest absolute Gasteiger partial charge is 0.505 e. The number of Topliss-reactive ketones (excluding diaryl/α,β-unsaturated/α-hetero) is 1. The minimum Gasteiger partial charge on any atom is -0.505 e. The zero-order valence-corrected chi connectivity index (χ0v) is 15.2. The van der Waals surface area contributed by atoms with Gasteiger partial charge in [-0.2, -0.15) is 16.8 Å². The van der Waals surface area contributed by atoms with Crippen molar-refractivity contribution in [1.82, 2.24) is 4.98 Å². The molecule has 12 heteroatoms. The van der Waals surface area contributed by atoms with Crippen molar-refractivity contribution in [1.29, 1.82) is 0 Å². The number of aliphatic imine (C=N–C) groups is 1. The molecule has 0 saturated heterocycles. The number of nitrogens with zero attached hydrogens (tertiary/aromatic N) is 1. The van der Waals surface area contributed by atoms with Crippen LogP contribution >= 0.6 is 0 Å². The number of carbonyl (C=O) groups is 1. The lowest BCUT2D eigenvalue weighted by Crippen LogP contribution is -2.11. The SMILES string of the molecule is O=C1C(c2[nH]c3c(S(=O)(=O)O)cc(S(=O)(=O)O)cc3c2O)=Nc2ccccc21. The first-order chi connectivity index (χ1) is 13.0. The number of hydrogen-bond acceptors (Lipinski definition) is 7. The molecule has 0 atom stereocenters. The van der Waals surface area contributed by atoms with Crippen LogP contribution in [-0.4, -0.2) is 47.5 Å². The molecule has 2 heterocycles. The van der Waals surface area contributed by atoms with Crippen LogP contribution in [0.3, 0.4) is 0 Å². The van der Waals surface area contributed by atoms with Gasteiger partial charge in [-0.1, -0.05) is 12.1 Å². The van der Waals surface area contributed by atoms with Crippen LogP contribution in [0.4, 0.5) is 5.69 Å². The lowest BCUT2D eigenvalue weighted by Gasteiger charge is -2.03. The van der Waals surface area contributed by atoms with Crippen molar-refractivity contribution >= 4 is 48.3 Å². The van der Waals surface area contributed by atoms with Gasteiger partial charge in [-0.3, -0.25) is 13.9 Å². The fourth-order valence-corrected chi connectivity index (χ4v) is 4.28. The molecule has 10 nitrogen and oxygen atoms in total.